The van der Waals surface area contributed by atoms with Gasteiger partial charge in [-0.15, -0.1) is 0 Å². The number of pyridine rings is 1. The topological polar surface area (TPSA) is 83.8 Å². The molecule has 8 heteroatoms. The molecule has 0 radical (unpaired) electrons. The highest BCUT2D eigenvalue weighted by Crippen LogP contribution is 2.30. The Kier molecular flexibility index (Phi) is 3.96. The van der Waals surface area contributed by atoms with Crippen molar-refractivity contribution in [3.63, 3.8) is 0 Å². The second-order valence-electron chi connectivity index (χ2n) is 6.47. The van der Waals surface area contributed by atoms with E-state index in [1.54, 1.807) is 55.6 Å². The summed E-state index contributed by atoms with van der Waals surface area (Å²) in [5.74, 6) is -0.426. The smallest absolute Gasteiger partial charge is 0.319 e. The van der Waals surface area contributed by atoms with Crippen LogP contribution >= 0.6 is 11.6 Å². The quantitative estimate of drug-likeness (QED) is 0.704. The van der Waals surface area contributed by atoms with E-state index in [1.165, 1.54) is 10.5 Å². The first-order valence-electron chi connectivity index (χ1n) is 8.26. The van der Waals surface area contributed by atoms with Gasteiger partial charge in [-0.25, -0.2) is 9.78 Å². The van der Waals surface area contributed by atoms with Gasteiger partial charge in [-0.3, -0.25) is 18.9 Å². The van der Waals surface area contributed by atoms with Crippen LogP contribution in [0, 0.1) is 0 Å². The van der Waals surface area contributed by atoms with Crippen molar-refractivity contribution >= 4 is 29.2 Å². The van der Waals surface area contributed by atoms with Crippen molar-refractivity contribution < 1.29 is 9.59 Å². The molecule has 3 amide bonds. The van der Waals surface area contributed by atoms with Gasteiger partial charge in [0.2, 0.25) is 0 Å². The van der Waals surface area contributed by atoms with E-state index in [4.69, 9.17) is 11.6 Å². The van der Waals surface area contributed by atoms with Crippen LogP contribution in [0.5, 0.6) is 0 Å². The molecule has 0 aliphatic carbocycles. The van der Waals surface area contributed by atoms with Crippen LogP contribution in [0.15, 0.2) is 59.5 Å². The zero-order valence-corrected chi connectivity index (χ0v) is 15.1. The lowest BCUT2D eigenvalue weighted by atomic mass is 9.92. The van der Waals surface area contributed by atoms with E-state index in [9.17, 15) is 14.4 Å². The molecule has 1 fully saturated rings. The minimum atomic E-state index is -1.23. The molecule has 3 aromatic rings. The van der Waals surface area contributed by atoms with E-state index < -0.39 is 17.5 Å². The molecule has 1 atom stereocenters. The van der Waals surface area contributed by atoms with Gasteiger partial charge in [-0.1, -0.05) is 29.8 Å². The molecule has 1 unspecified atom stereocenters. The van der Waals surface area contributed by atoms with Gasteiger partial charge in [0.15, 0.2) is 0 Å². The third-order valence-corrected chi connectivity index (χ3v) is 4.86. The molecule has 1 aliphatic rings. The van der Waals surface area contributed by atoms with Crippen LogP contribution in [-0.2, 0) is 16.9 Å². The fraction of sp³-hybridized carbons (Fsp3) is 0.158. The number of hydrogen-bond donors (Lipinski definition) is 1. The summed E-state index contributed by atoms with van der Waals surface area (Å²) in [6.45, 7) is 1.53. The van der Waals surface area contributed by atoms with Crippen LogP contribution in [0.4, 0.5) is 4.79 Å². The number of halogens is 1. The van der Waals surface area contributed by atoms with Gasteiger partial charge in [0, 0.05) is 17.3 Å². The number of nitrogens with zero attached hydrogens (tertiary/aromatic N) is 3. The van der Waals surface area contributed by atoms with Crippen molar-refractivity contribution in [3.05, 3.63) is 81.4 Å². The SMILES string of the molecule is CC1(c2cccc(Cl)c2)NC(=O)N(Cc2cc(=O)n3ccccc3n2)C1=O. The Bertz CT molecular complexity index is 1140. The summed E-state index contributed by atoms with van der Waals surface area (Å²) in [4.78, 5) is 43.1. The number of urea groups is 1. The second kappa shape index (κ2) is 6.21. The number of imide groups is 1. The van der Waals surface area contributed by atoms with Gasteiger partial charge >= 0.3 is 6.03 Å². The van der Waals surface area contributed by atoms with Gasteiger partial charge in [0.25, 0.3) is 11.5 Å². The van der Waals surface area contributed by atoms with Crippen LogP contribution in [0.1, 0.15) is 18.2 Å². The number of benzene rings is 1. The third-order valence-electron chi connectivity index (χ3n) is 4.62. The first-order valence-corrected chi connectivity index (χ1v) is 8.64. The van der Waals surface area contributed by atoms with Crippen LogP contribution < -0.4 is 10.9 Å². The average molecular weight is 383 g/mol. The third kappa shape index (κ3) is 2.86. The Balaban J connectivity index is 1.68. The highest BCUT2D eigenvalue weighted by atomic mass is 35.5. The molecule has 2 aromatic heterocycles. The number of carbonyl (C=O) groups excluding carboxylic acids is 2. The van der Waals surface area contributed by atoms with Crippen molar-refractivity contribution in [1.29, 1.82) is 0 Å². The number of amides is 3. The minimum absolute atomic E-state index is 0.0958. The summed E-state index contributed by atoms with van der Waals surface area (Å²) in [5, 5.41) is 3.18. The number of hydrogen-bond acceptors (Lipinski definition) is 4. The summed E-state index contributed by atoms with van der Waals surface area (Å²) >= 11 is 6.02. The van der Waals surface area contributed by atoms with Gasteiger partial charge in [-0.05, 0) is 36.8 Å². The molecular weight excluding hydrogens is 368 g/mol. The van der Waals surface area contributed by atoms with Crippen molar-refractivity contribution in [2.75, 3.05) is 0 Å². The van der Waals surface area contributed by atoms with Crippen LogP contribution in [0.25, 0.3) is 5.65 Å². The molecule has 1 aliphatic heterocycles. The van der Waals surface area contributed by atoms with E-state index in [0.717, 1.165) is 4.90 Å². The van der Waals surface area contributed by atoms with E-state index in [0.29, 0.717) is 21.9 Å². The molecule has 3 heterocycles. The summed E-state index contributed by atoms with van der Waals surface area (Å²) in [5.41, 5.74) is -0.134. The molecule has 27 heavy (non-hydrogen) atoms. The molecule has 1 saturated heterocycles. The van der Waals surface area contributed by atoms with E-state index in [-0.39, 0.29) is 12.1 Å². The van der Waals surface area contributed by atoms with Gasteiger partial charge in [0.1, 0.15) is 11.2 Å². The number of carbonyl (C=O) groups is 2. The van der Waals surface area contributed by atoms with Gasteiger partial charge in [-0.2, -0.15) is 0 Å². The highest BCUT2D eigenvalue weighted by molar-refractivity contribution is 6.30. The zero-order valence-electron chi connectivity index (χ0n) is 14.3. The molecule has 0 saturated carbocycles. The Hall–Kier alpha value is -3.19. The zero-order chi connectivity index (χ0) is 19.2. The van der Waals surface area contributed by atoms with Gasteiger partial charge < -0.3 is 5.32 Å². The predicted octanol–water partition coefficient (Wildman–Crippen LogP) is 2.32. The molecule has 136 valence electrons. The Morgan fingerprint density at radius 2 is 1.93 bits per heavy atom. The standard InChI is InChI=1S/C19H15ClN4O3/c1-19(12-5-4-6-13(20)9-12)17(26)24(18(27)22-19)11-14-10-16(25)23-8-3-2-7-15(23)21-14/h2-10H,11H2,1H3,(H,22,27). The van der Waals surface area contributed by atoms with Crippen molar-refractivity contribution in [2.24, 2.45) is 0 Å². The molecule has 1 aromatic carbocycles. The van der Waals surface area contributed by atoms with Crippen molar-refractivity contribution in [2.45, 2.75) is 19.0 Å². The number of aromatic nitrogens is 2. The molecule has 0 bridgehead atoms. The maximum atomic E-state index is 13.0. The maximum absolute atomic E-state index is 13.0. The first-order chi connectivity index (χ1) is 12.9. The Labute approximate surface area is 159 Å². The van der Waals surface area contributed by atoms with Crippen LogP contribution in [-0.4, -0.2) is 26.2 Å². The van der Waals surface area contributed by atoms with E-state index in [1.807, 2.05) is 0 Å². The minimum Gasteiger partial charge on any atom is -0.319 e. The lowest BCUT2D eigenvalue weighted by molar-refractivity contribution is -0.131. The average Bonchev–Trinajstić information content (AvgIpc) is 2.86. The lowest BCUT2D eigenvalue weighted by Crippen LogP contribution is -2.40. The number of fused-ring (bicyclic) bond motifs is 1. The summed E-state index contributed by atoms with van der Waals surface area (Å²) in [7, 11) is 0. The molecule has 7 nitrogen and oxygen atoms in total. The van der Waals surface area contributed by atoms with Crippen molar-refractivity contribution in [1.82, 2.24) is 19.6 Å². The molecule has 0 spiro atoms. The van der Waals surface area contributed by atoms with Crippen LogP contribution in [0.3, 0.4) is 0 Å². The molecule has 4 rings (SSSR count). The van der Waals surface area contributed by atoms with E-state index >= 15 is 0 Å². The summed E-state index contributed by atoms with van der Waals surface area (Å²) in [6, 6.07) is 12.7. The number of nitrogens with one attached hydrogen (secondary N) is 1. The second-order valence-corrected chi connectivity index (χ2v) is 6.91. The fourth-order valence-corrected chi connectivity index (χ4v) is 3.37. The van der Waals surface area contributed by atoms with E-state index in [2.05, 4.69) is 10.3 Å². The van der Waals surface area contributed by atoms with Crippen LogP contribution in [0.2, 0.25) is 5.02 Å². The number of rotatable bonds is 3. The Morgan fingerprint density at radius 3 is 2.70 bits per heavy atom. The summed E-state index contributed by atoms with van der Waals surface area (Å²) < 4.78 is 1.39. The maximum Gasteiger partial charge on any atom is 0.325 e. The van der Waals surface area contributed by atoms with Crippen molar-refractivity contribution in [3.8, 4) is 0 Å². The van der Waals surface area contributed by atoms with Gasteiger partial charge in [0.05, 0.1) is 12.2 Å². The monoisotopic (exact) mass is 382 g/mol. The molecule has 1 N–H and O–H groups in total. The fourth-order valence-electron chi connectivity index (χ4n) is 3.18. The predicted molar refractivity (Wildman–Crippen MR) is 99.3 cm³/mol. The highest BCUT2D eigenvalue weighted by Gasteiger charge is 2.49. The Morgan fingerprint density at radius 1 is 1.11 bits per heavy atom. The normalized spacial score (nSPS) is 19.6. The first kappa shape index (κ1) is 17.2. The lowest BCUT2D eigenvalue weighted by Gasteiger charge is -2.22. The summed E-state index contributed by atoms with van der Waals surface area (Å²) in [6.07, 6.45) is 1.61. The largest absolute Gasteiger partial charge is 0.325 e. The molecular formula is C19H15ClN4O3.